The van der Waals surface area contributed by atoms with Crippen LogP contribution < -0.4 is 0 Å². The Hall–Kier alpha value is -0.680. The van der Waals surface area contributed by atoms with Crippen molar-refractivity contribution in [2.45, 2.75) is 6.92 Å². The van der Waals surface area contributed by atoms with Crippen LogP contribution >= 0.6 is 7.60 Å². The molecule has 0 rings (SSSR count). The summed E-state index contributed by atoms with van der Waals surface area (Å²) < 4.78 is 14.8. The summed E-state index contributed by atoms with van der Waals surface area (Å²) in [5.74, 6) is -0.329. The highest BCUT2D eigenvalue weighted by Crippen LogP contribution is 2.37. The lowest BCUT2D eigenvalue weighted by Crippen LogP contribution is -2.09. The molecule has 0 aromatic heterocycles. The van der Waals surface area contributed by atoms with Crippen LogP contribution in [0.2, 0.25) is 0 Å². The van der Waals surface area contributed by atoms with E-state index in [0.29, 0.717) is 5.82 Å². The van der Waals surface area contributed by atoms with E-state index < -0.39 is 13.6 Å². The van der Waals surface area contributed by atoms with Crippen molar-refractivity contribution in [1.29, 1.82) is 0 Å². The van der Waals surface area contributed by atoms with E-state index in [4.69, 9.17) is 14.9 Å². The minimum Gasteiger partial charge on any atom is -0.460 e. The molecule has 0 saturated carbocycles. The zero-order valence-corrected chi connectivity index (χ0v) is 7.90. The standard InChI is InChI=1S/C6H11O6P/c1-5(4-13(9,10)11)6(8)12-3-2-7/h4,7H,2-3H2,1H3,(H2,9,10,11). The van der Waals surface area contributed by atoms with Crippen LogP contribution in [-0.2, 0) is 14.1 Å². The second kappa shape index (κ2) is 5.14. The van der Waals surface area contributed by atoms with Crippen LogP contribution in [0.15, 0.2) is 11.4 Å². The molecule has 0 bridgehead atoms. The third kappa shape index (κ3) is 6.48. The lowest BCUT2D eigenvalue weighted by Gasteiger charge is -2.02. The Balaban J connectivity index is 4.26. The first-order valence-electron chi connectivity index (χ1n) is 3.39. The van der Waals surface area contributed by atoms with Crippen molar-refractivity contribution in [2.24, 2.45) is 0 Å². The number of hydrogen-bond acceptors (Lipinski definition) is 4. The predicted octanol–water partition coefficient (Wildman–Crippen LogP) is -0.397. The summed E-state index contributed by atoms with van der Waals surface area (Å²) in [7, 11) is -4.33. The molecule has 0 saturated heterocycles. The number of rotatable bonds is 4. The molecular formula is C6H11O6P. The molecule has 76 valence electrons. The molecule has 0 fully saturated rings. The quantitative estimate of drug-likeness (QED) is 0.331. The Bertz CT molecular complexity index is 252. The van der Waals surface area contributed by atoms with Gasteiger partial charge in [0.25, 0.3) is 0 Å². The first kappa shape index (κ1) is 12.3. The molecular weight excluding hydrogens is 199 g/mol. The van der Waals surface area contributed by atoms with Crippen LogP contribution in [0.4, 0.5) is 0 Å². The van der Waals surface area contributed by atoms with Gasteiger partial charge in [-0.2, -0.15) is 0 Å². The van der Waals surface area contributed by atoms with Crippen LogP contribution in [0.1, 0.15) is 6.92 Å². The number of hydrogen-bond donors (Lipinski definition) is 3. The van der Waals surface area contributed by atoms with E-state index in [0.717, 1.165) is 0 Å². The van der Waals surface area contributed by atoms with Gasteiger partial charge in [-0.3, -0.25) is 4.57 Å². The summed E-state index contributed by atoms with van der Waals surface area (Å²) in [6.45, 7) is 0.707. The summed E-state index contributed by atoms with van der Waals surface area (Å²) in [6.07, 6.45) is 0. The molecule has 7 heteroatoms. The van der Waals surface area contributed by atoms with E-state index in [2.05, 4.69) is 4.74 Å². The molecule has 0 aromatic rings. The molecule has 0 amide bonds. The molecule has 0 radical (unpaired) electrons. The lowest BCUT2D eigenvalue weighted by atomic mass is 10.4. The van der Waals surface area contributed by atoms with Crippen LogP contribution in [0.3, 0.4) is 0 Å². The minimum absolute atomic E-state index is 0.179. The number of aliphatic hydroxyl groups is 1. The third-order valence-electron chi connectivity index (χ3n) is 1.01. The van der Waals surface area contributed by atoms with Gasteiger partial charge in [0.05, 0.1) is 6.61 Å². The predicted molar refractivity (Wildman–Crippen MR) is 43.8 cm³/mol. The van der Waals surface area contributed by atoms with Gasteiger partial charge in [0, 0.05) is 11.4 Å². The smallest absolute Gasteiger partial charge is 0.349 e. The van der Waals surface area contributed by atoms with Crippen molar-refractivity contribution in [2.75, 3.05) is 13.2 Å². The fourth-order valence-electron chi connectivity index (χ4n) is 0.557. The summed E-state index contributed by atoms with van der Waals surface area (Å²) in [5, 5.41) is 8.28. The van der Waals surface area contributed by atoms with Gasteiger partial charge in [-0.1, -0.05) is 0 Å². The van der Waals surface area contributed by atoms with Crippen molar-refractivity contribution >= 4 is 13.6 Å². The van der Waals surface area contributed by atoms with E-state index in [1.165, 1.54) is 6.92 Å². The van der Waals surface area contributed by atoms with Crippen LogP contribution in [-0.4, -0.2) is 34.1 Å². The molecule has 0 aliphatic carbocycles. The Morgan fingerprint density at radius 3 is 2.46 bits per heavy atom. The summed E-state index contributed by atoms with van der Waals surface area (Å²) in [4.78, 5) is 27.7. The topological polar surface area (TPSA) is 104 Å². The monoisotopic (exact) mass is 210 g/mol. The average molecular weight is 210 g/mol. The fraction of sp³-hybridized carbons (Fsp3) is 0.500. The molecule has 0 unspecified atom stereocenters. The third-order valence-corrected chi connectivity index (χ3v) is 1.73. The molecule has 0 atom stereocenters. The van der Waals surface area contributed by atoms with Crippen LogP contribution in [0.25, 0.3) is 0 Å². The van der Waals surface area contributed by atoms with Crippen molar-refractivity contribution in [3.05, 3.63) is 11.4 Å². The maximum Gasteiger partial charge on any atom is 0.349 e. The summed E-state index contributed by atoms with van der Waals surface area (Å²) in [5.41, 5.74) is -0.179. The van der Waals surface area contributed by atoms with E-state index in [9.17, 15) is 9.36 Å². The van der Waals surface area contributed by atoms with Crippen molar-refractivity contribution in [3.8, 4) is 0 Å². The van der Waals surface area contributed by atoms with Crippen LogP contribution in [0.5, 0.6) is 0 Å². The largest absolute Gasteiger partial charge is 0.460 e. The number of carbonyl (C=O) groups excluding carboxylic acids is 1. The zero-order chi connectivity index (χ0) is 10.5. The Kier molecular flexibility index (Phi) is 4.87. The van der Waals surface area contributed by atoms with Gasteiger partial charge >= 0.3 is 13.6 Å². The van der Waals surface area contributed by atoms with E-state index in [-0.39, 0.29) is 18.8 Å². The maximum atomic E-state index is 10.8. The van der Waals surface area contributed by atoms with Crippen LogP contribution in [0, 0.1) is 0 Å². The molecule has 6 nitrogen and oxygen atoms in total. The first-order chi connectivity index (χ1) is 5.87. The zero-order valence-electron chi connectivity index (χ0n) is 7.01. The van der Waals surface area contributed by atoms with Crippen molar-refractivity contribution in [3.63, 3.8) is 0 Å². The highest BCUT2D eigenvalue weighted by molar-refractivity contribution is 7.55. The highest BCUT2D eigenvalue weighted by Gasteiger charge is 2.13. The molecule has 0 heterocycles. The SMILES string of the molecule is CC(=CP(=O)(O)O)C(=O)OCCO. The second-order valence-corrected chi connectivity index (χ2v) is 3.70. The number of esters is 1. The van der Waals surface area contributed by atoms with Gasteiger partial charge in [0.1, 0.15) is 6.61 Å². The van der Waals surface area contributed by atoms with Gasteiger partial charge in [-0.15, -0.1) is 0 Å². The minimum atomic E-state index is -4.33. The Morgan fingerprint density at radius 1 is 1.54 bits per heavy atom. The highest BCUT2D eigenvalue weighted by atomic mass is 31.2. The molecule has 0 aromatic carbocycles. The molecule has 0 aliphatic rings. The van der Waals surface area contributed by atoms with Gasteiger partial charge in [0.2, 0.25) is 0 Å². The Morgan fingerprint density at radius 2 is 2.08 bits per heavy atom. The molecule has 0 aliphatic heterocycles. The van der Waals surface area contributed by atoms with Gasteiger partial charge in [0.15, 0.2) is 0 Å². The summed E-state index contributed by atoms with van der Waals surface area (Å²) in [6, 6.07) is 0. The van der Waals surface area contributed by atoms with Gasteiger partial charge in [-0.05, 0) is 6.92 Å². The van der Waals surface area contributed by atoms with E-state index >= 15 is 0 Å². The average Bonchev–Trinajstić information content (AvgIpc) is 1.96. The summed E-state index contributed by atoms with van der Waals surface area (Å²) >= 11 is 0. The van der Waals surface area contributed by atoms with Gasteiger partial charge in [-0.25, -0.2) is 4.79 Å². The fourth-order valence-corrected chi connectivity index (χ4v) is 1.17. The molecule has 0 spiro atoms. The van der Waals surface area contributed by atoms with E-state index in [1.807, 2.05) is 0 Å². The van der Waals surface area contributed by atoms with Crippen molar-refractivity contribution < 1.29 is 29.0 Å². The molecule has 13 heavy (non-hydrogen) atoms. The second-order valence-electron chi connectivity index (χ2n) is 2.26. The normalized spacial score (nSPS) is 12.8. The molecule has 3 N–H and O–H groups in total. The first-order valence-corrected chi connectivity index (χ1v) is 5.07. The number of carbonyl (C=O) groups is 1. The lowest BCUT2D eigenvalue weighted by molar-refractivity contribution is -0.139. The maximum absolute atomic E-state index is 10.8. The Labute approximate surface area is 75.0 Å². The van der Waals surface area contributed by atoms with Crippen molar-refractivity contribution in [1.82, 2.24) is 0 Å². The number of ether oxygens (including phenoxy) is 1. The number of aliphatic hydroxyl groups excluding tert-OH is 1. The van der Waals surface area contributed by atoms with E-state index in [1.54, 1.807) is 0 Å². The van der Waals surface area contributed by atoms with Gasteiger partial charge < -0.3 is 19.6 Å².